The molecule has 0 saturated heterocycles. The zero-order valence-electron chi connectivity index (χ0n) is 17.4. The lowest BCUT2D eigenvalue weighted by molar-refractivity contribution is -0.114. The summed E-state index contributed by atoms with van der Waals surface area (Å²) >= 11 is 6.02. The molecule has 0 radical (unpaired) electrons. The van der Waals surface area contributed by atoms with Crippen LogP contribution in [0.5, 0.6) is 5.75 Å². The van der Waals surface area contributed by atoms with Gasteiger partial charge < -0.3 is 10.1 Å². The second-order valence-electron chi connectivity index (χ2n) is 6.88. The standard InChI is InChI=1S/C23H20ClN3O4S/c1-16-3-11-21(12-4-16)32(29,30)27(19-7-9-20(31-2)10-8-19)15-23(28)26-18-6-5-17(14-25)22(24)13-18/h3-13H,15H2,1-2H3,(H,26,28). The Balaban J connectivity index is 1.93. The van der Waals surface area contributed by atoms with Crippen LogP contribution in [0.1, 0.15) is 11.1 Å². The Labute approximate surface area is 191 Å². The topological polar surface area (TPSA) is 99.5 Å². The number of aryl methyl sites for hydroxylation is 1. The highest BCUT2D eigenvalue weighted by atomic mass is 35.5. The van der Waals surface area contributed by atoms with E-state index >= 15 is 0 Å². The van der Waals surface area contributed by atoms with Crippen molar-refractivity contribution in [2.24, 2.45) is 0 Å². The first kappa shape index (κ1) is 23.1. The van der Waals surface area contributed by atoms with E-state index in [4.69, 9.17) is 21.6 Å². The maximum atomic E-state index is 13.4. The summed E-state index contributed by atoms with van der Waals surface area (Å²) in [5.74, 6) is -0.0182. The Kier molecular flexibility index (Phi) is 7.03. The smallest absolute Gasteiger partial charge is 0.264 e. The van der Waals surface area contributed by atoms with E-state index in [-0.39, 0.29) is 15.5 Å². The summed E-state index contributed by atoms with van der Waals surface area (Å²) in [5, 5.41) is 11.8. The van der Waals surface area contributed by atoms with Gasteiger partial charge in [0.15, 0.2) is 0 Å². The molecule has 0 aliphatic carbocycles. The fourth-order valence-electron chi connectivity index (χ4n) is 2.92. The van der Waals surface area contributed by atoms with E-state index < -0.39 is 22.5 Å². The Morgan fingerprint density at radius 1 is 1.09 bits per heavy atom. The lowest BCUT2D eigenvalue weighted by Gasteiger charge is -2.24. The first-order valence-corrected chi connectivity index (χ1v) is 11.3. The van der Waals surface area contributed by atoms with Crippen LogP contribution in [0.25, 0.3) is 0 Å². The molecular formula is C23H20ClN3O4S. The summed E-state index contributed by atoms with van der Waals surface area (Å²) in [6.45, 7) is 1.38. The van der Waals surface area contributed by atoms with Crippen LogP contribution in [0.3, 0.4) is 0 Å². The van der Waals surface area contributed by atoms with Crippen molar-refractivity contribution in [3.8, 4) is 11.8 Å². The first-order chi connectivity index (χ1) is 15.2. The molecule has 3 rings (SSSR count). The number of amides is 1. The zero-order valence-corrected chi connectivity index (χ0v) is 18.9. The van der Waals surface area contributed by atoms with Crippen molar-refractivity contribution < 1.29 is 17.9 Å². The summed E-state index contributed by atoms with van der Waals surface area (Å²) < 4.78 is 32.9. The van der Waals surface area contributed by atoms with Crippen molar-refractivity contribution in [2.45, 2.75) is 11.8 Å². The van der Waals surface area contributed by atoms with Gasteiger partial charge in [0.1, 0.15) is 18.4 Å². The van der Waals surface area contributed by atoms with Crippen LogP contribution in [0.4, 0.5) is 11.4 Å². The maximum Gasteiger partial charge on any atom is 0.264 e. The van der Waals surface area contributed by atoms with Gasteiger partial charge in [-0.05, 0) is 61.5 Å². The molecule has 0 aromatic heterocycles. The SMILES string of the molecule is COc1ccc(N(CC(=O)Nc2ccc(C#N)c(Cl)c2)S(=O)(=O)c2ccc(C)cc2)cc1. The fourth-order valence-corrected chi connectivity index (χ4v) is 4.56. The third-order valence-corrected chi connectivity index (χ3v) is 6.73. The lowest BCUT2D eigenvalue weighted by Crippen LogP contribution is -2.38. The molecule has 0 unspecified atom stereocenters. The number of hydrogen-bond donors (Lipinski definition) is 1. The minimum absolute atomic E-state index is 0.0631. The number of hydrogen-bond acceptors (Lipinski definition) is 5. The van der Waals surface area contributed by atoms with Crippen molar-refractivity contribution in [1.29, 1.82) is 5.26 Å². The molecule has 0 bridgehead atoms. The van der Waals surface area contributed by atoms with Gasteiger partial charge in [-0.3, -0.25) is 9.10 Å². The van der Waals surface area contributed by atoms with Crippen LogP contribution in [0, 0.1) is 18.3 Å². The number of rotatable bonds is 7. The molecule has 0 saturated carbocycles. The van der Waals surface area contributed by atoms with Crippen LogP contribution >= 0.6 is 11.6 Å². The summed E-state index contributed by atoms with van der Waals surface area (Å²) in [6, 6.07) is 19.1. The number of anilines is 2. The maximum absolute atomic E-state index is 13.4. The van der Waals surface area contributed by atoms with Gasteiger partial charge in [-0.25, -0.2) is 8.42 Å². The molecule has 3 aromatic carbocycles. The Morgan fingerprint density at radius 2 is 1.75 bits per heavy atom. The highest BCUT2D eigenvalue weighted by molar-refractivity contribution is 7.92. The third kappa shape index (κ3) is 5.19. The molecule has 0 aliphatic heterocycles. The molecular weight excluding hydrogens is 450 g/mol. The number of nitrogens with one attached hydrogen (secondary N) is 1. The normalized spacial score (nSPS) is 10.8. The van der Waals surface area contributed by atoms with E-state index in [0.29, 0.717) is 17.1 Å². The fraction of sp³-hybridized carbons (Fsp3) is 0.130. The second kappa shape index (κ2) is 9.73. The average Bonchev–Trinajstić information content (AvgIpc) is 2.78. The number of nitriles is 1. The Hall–Kier alpha value is -3.54. The highest BCUT2D eigenvalue weighted by Gasteiger charge is 2.27. The predicted molar refractivity (Wildman–Crippen MR) is 124 cm³/mol. The molecule has 9 heteroatoms. The number of carbonyl (C=O) groups excluding carboxylic acids is 1. The van der Waals surface area contributed by atoms with Gasteiger partial charge >= 0.3 is 0 Å². The van der Waals surface area contributed by atoms with Crippen LogP contribution < -0.4 is 14.4 Å². The van der Waals surface area contributed by atoms with E-state index in [1.165, 1.54) is 37.4 Å². The van der Waals surface area contributed by atoms with Gasteiger partial charge in [0.2, 0.25) is 5.91 Å². The van der Waals surface area contributed by atoms with Gasteiger partial charge in [-0.2, -0.15) is 5.26 Å². The summed E-state index contributed by atoms with van der Waals surface area (Å²) in [4.78, 5) is 12.8. The number of carbonyl (C=O) groups is 1. The first-order valence-electron chi connectivity index (χ1n) is 9.47. The number of sulfonamides is 1. The van der Waals surface area contributed by atoms with Crippen molar-refractivity contribution in [2.75, 3.05) is 23.3 Å². The van der Waals surface area contributed by atoms with Gasteiger partial charge in [0.05, 0.1) is 28.3 Å². The molecule has 0 atom stereocenters. The summed E-state index contributed by atoms with van der Waals surface area (Å²) in [5.41, 5.74) is 1.84. The number of ether oxygens (including phenoxy) is 1. The van der Waals surface area contributed by atoms with Crippen molar-refractivity contribution in [3.63, 3.8) is 0 Å². The van der Waals surface area contributed by atoms with Crippen molar-refractivity contribution >= 4 is 38.9 Å². The van der Waals surface area contributed by atoms with Gasteiger partial charge in [-0.1, -0.05) is 29.3 Å². The van der Waals surface area contributed by atoms with E-state index in [0.717, 1.165) is 9.87 Å². The second-order valence-corrected chi connectivity index (χ2v) is 9.15. The Morgan fingerprint density at radius 3 is 2.31 bits per heavy atom. The predicted octanol–water partition coefficient (Wildman–Crippen LogP) is 4.36. The summed E-state index contributed by atoms with van der Waals surface area (Å²) in [6.07, 6.45) is 0. The number of methoxy groups -OCH3 is 1. The molecule has 7 nitrogen and oxygen atoms in total. The van der Waals surface area contributed by atoms with Gasteiger partial charge in [-0.15, -0.1) is 0 Å². The van der Waals surface area contributed by atoms with E-state index in [2.05, 4.69) is 5.32 Å². The number of benzene rings is 3. The largest absolute Gasteiger partial charge is 0.497 e. The average molecular weight is 470 g/mol. The quantitative estimate of drug-likeness (QED) is 0.554. The van der Waals surface area contributed by atoms with E-state index in [9.17, 15) is 13.2 Å². The summed E-state index contributed by atoms with van der Waals surface area (Å²) in [7, 11) is -2.53. The molecule has 1 amide bonds. The van der Waals surface area contributed by atoms with Gasteiger partial charge in [0.25, 0.3) is 10.0 Å². The third-order valence-electron chi connectivity index (χ3n) is 4.63. The molecule has 164 valence electrons. The minimum atomic E-state index is -4.03. The van der Waals surface area contributed by atoms with Crippen LogP contribution in [-0.2, 0) is 14.8 Å². The Bertz CT molecular complexity index is 1270. The van der Waals surface area contributed by atoms with Crippen molar-refractivity contribution in [3.05, 3.63) is 82.9 Å². The molecule has 0 fully saturated rings. The number of nitrogens with zero attached hydrogens (tertiary/aromatic N) is 2. The molecule has 0 aliphatic rings. The molecule has 0 spiro atoms. The van der Waals surface area contributed by atoms with Gasteiger partial charge in [0, 0.05) is 5.69 Å². The number of halogens is 1. The molecule has 3 aromatic rings. The highest BCUT2D eigenvalue weighted by Crippen LogP contribution is 2.26. The lowest BCUT2D eigenvalue weighted by atomic mass is 10.2. The monoisotopic (exact) mass is 469 g/mol. The van der Waals surface area contributed by atoms with Crippen LogP contribution in [0.2, 0.25) is 5.02 Å². The molecule has 0 heterocycles. The molecule has 32 heavy (non-hydrogen) atoms. The zero-order chi connectivity index (χ0) is 23.3. The van der Waals surface area contributed by atoms with Crippen LogP contribution in [0.15, 0.2) is 71.6 Å². The van der Waals surface area contributed by atoms with Crippen molar-refractivity contribution in [1.82, 2.24) is 0 Å². The molecule has 1 N–H and O–H groups in total. The van der Waals surface area contributed by atoms with E-state index in [1.807, 2.05) is 13.0 Å². The minimum Gasteiger partial charge on any atom is -0.497 e. The van der Waals surface area contributed by atoms with Crippen LogP contribution in [-0.4, -0.2) is 28.0 Å². The van der Waals surface area contributed by atoms with E-state index in [1.54, 1.807) is 36.4 Å².